The Kier molecular flexibility index (Phi) is 5.57. The summed E-state index contributed by atoms with van der Waals surface area (Å²) in [5.41, 5.74) is 0.501. The maximum Gasteiger partial charge on any atom is 0.414 e. The van der Waals surface area contributed by atoms with E-state index in [0.29, 0.717) is 42.7 Å². The summed E-state index contributed by atoms with van der Waals surface area (Å²) >= 11 is 1.19. The van der Waals surface area contributed by atoms with Crippen LogP contribution in [0.3, 0.4) is 0 Å². The van der Waals surface area contributed by atoms with Gasteiger partial charge in [0.1, 0.15) is 11.9 Å². The van der Waals surface area contributed by atoms with Gasteiger partial charge in [-0.2, -0.15) is 4.98 Å². The molecule has 0 spiro atoms. The Balaban J connectivity index is 1.39. The molecule has 1 aromatic carbocycles. The molecule has 160 valence electrons. The minimum absolute atomic E-state index is 0.207. The molecule has 0 saturated carbocycles. The Hall–Kier alpha value is -3.15. The number of ether oxygens (including phenoxy) is 1. The van der Waals surface area contributed by atoms with Crippen molar-refractivity contribution in [2.75, 3.05) is 54.0 Å². The Bertz CT molecular complexity index is 1000. The number of anilines is 3. The molecule has 1 aromatic heterocycles. The second-order valence-electron chi connectivity index (χ2n) is 7.07. The van der Waals surface area contributed by atoms with Crippen molar-refractivity contribution in [3.05, 3.63) is 34.5 Å². The third-order valence-corrected chi connectivity index (χ3v) is 5.82. The van der Waals surface area contributed by atoms with Gasteiger partial charge < -0.3 is 19.9 Å². The highest BCUT2D eigenvalue weighted by molar-refractivity contribution is 7.09. The van der Waals surface area contributed by atoms with E-state index in [9.17, 15) is 18.8 Å². The van der Waals surface area contributed by atoms with Gasteiger partial charge in [0.25, 0.3) is 0 Å². The predicted molar refractivity (Wildman–Crippen MR) is 110 cm³/mol. The number of halogens is 1. The lowest BCUT2D eigenvalue weighted by molar-refractivity contribution is -0.119. The van der Waals surface area contributed by atoms with Crippen molar-refractivity contribution >= 4 is 40.0 Å². The molecule has 12 heteroatoms. The molecule has 0 bridgehead atoms. The van der Waals surface area contributed by atoms with E-state index in [1.165, 1.54) is 29.4 Å². The van der Waals surface area contributed by atoms with E-state index in [1.807, 2.05) is 9.80 Å². The van der Waals surface area contributed by atoms with Gasteiger partial charge in [-0.25, -0.2) is 14.0 Å². The summed E-state index contributed by atoms with van der Waals surface area (Å²) in [4.78, 5) is 43.5. The van der Waals surface area contributed by atoms with Crippen LogP contribution in [0.25, 0.3) is 0 Å². The molecule has 2 aliphatic rings. The quantitative estimate of drug-likeness (QED) is 0.712. The maximum absolute atomic E-state index is 14.8. The van der Waals surface area contributed by atoms with Crippen LogP contribution in [0.4, 0.5) is 25.7 Å². The summed E-state index contributed by atoms with van der Waals surface area (Å²) < 4.78 is 22.6. The number of cyclic esters (lactones) is 1. The van der Waals surface area contributed by atoms with Crippen molar-refractivity contribution in [1.82, 2.24) is 14.7 Å². The number of nitrogens with one attached hydrogen (secondary N) is 2. The van der Waals surface area contributed by atoms with Gasteiger partial charge in [0.2, 0.25) is 11.0 Å². The third-order valence-electron chi connectivity index (χ3n) is 5.01. The molecule has 2 aliphatic heterocycles. The lowest BCUT2D eigenvalue weighted by Gasteiger charge is -2.36. The number of amides is 2. The van der Waals surface area contributed by atoms with Crippen molar-refractivity contribution in [1.29, 1.82) is 0 Å². The number of aromatic amines is 1. The molecule has 2 saturated heterocycles. The number of nitrogens with zero attached hydrogens (tertiary/aromatic N) is 4. The molecule has 2 amide bonds. The number of benzene rings is 1. The third kappa shape index (κ3) is 4.22. The zero-order valence-electron chi connectivity index (χ0n) is 16.3. The van der Waals surface area contributed by atoms with Crippen LogP contribution in [-0.2, 0) is 9.53 Å². The van der Waals surface area contributed by atoms with Crippen LogP contribution in [0, 0.1) is 5.82 Å². The second-order valence-corrected chi connectivity index (χ2v) is 7.84. The fourth-order valence-electron chi connectivity index (χ4n) is 3.51. The zero-order chi connectivity index (χ0) is 21.3. The first-order chi connectivity index (χ1) is 14.4. The molecule has 3 heterocycles. The van der Waals surface area contributed by atoms with E-state index >= 15 is 0 Å². The van der Waals surface area contributed by atoms with Gasteiger partial charge in [0.15, 0.2) is 0 Å². The van der Waals surface area contributed by atoms with E-state index in [1.54, 1.807) is 12.1 Å². The Morgan fingerprint density at radius 3 is 2.67 bits per heavy atom. The average molecular weight is 436 g/mol. The smallest absolute Gasteiger partial charge is 0.414 e. The molecular formula is C18H21FN6O4S. The lowest BCUT2D eigenvalue weighted by Crippen LogP contribution is -2.47. The first-order valence-corrected chi connectivity index (χ1v) is 10.3. The van der Waals surface area contributed by atoms with E-state index < -0.39 is 18.0 Å². The minimum atomic E-state index is -0.566. The van der Waals surface area contributed by atoms with Gasteiger partial charge in [0.05, 0.1) is 24.5 Å². The van der Waals surface area contributed by atoms with Gasteiger partial charge >= 0.3 is 11.8 Å². The van der Waals surface area contributed by atoms with Gasteiger partial charge in [-0.3, -0.25) is 14.1 Å². The highest BCUT2D eigenvalue weighted by Crippen LogP contribution is 2.29. The Labute approximate surface area is 175 Å². The number of aromatic nitrogens is 2. The fraction of sp³-hybridized carbons (Fsp3) is 0.444. The van der Waals surface area contributed by atoms with Crippen LogP contribution in [0.5, 0.6) is 0 Å². The van der Waals surface area contributed by atoms with Crippen LogP contribution in [0.2, 0.25) is 0 Å². The monoisotopic (exact) mass is 436 g/mol. The number of rotatable bonds is 5. The van der Waals surface area contributed by atoms with Gasteiger partial charge in [-0.15, -0.1) is 0 Å². The fourth-order valence-corrected chi connectivity index (χ4v) is 4.18. The number of piperazine rings is 1. The Morgan fingerprint density at radius 1 is 1.30 bits per heavy atom. The van der Waals surface area contributed by atoms with E-state index in [0.717, 1.165) is 0 Å². The van der Waals surface area contributed by atoms with Crippen molar-refractivity contribution in [2.24, 2.45) is 0 Å². The zero-order valence-corrected chi connectivity index (χ0v) is 17.1. The average Bonchev–Trinajstić information content (AvgIpc) is 3.32. The molecule has 2 aromatic rings. The molecule has 10 nitrogen and oxygen atoms in total. The topological polar surface area (TPSA) is 111 Å². The summed E-state index contributed by atoms with van der Waals surface area (Å²) in [6, 6.07) is 4.66. The maximum atomic E-state index is 14.8. The highest BCUT2D eigenvalue weighted by atomic mass is 32.1. The van der Waals surface area contributed by atoms with Crippen molar-refractivity contribution in [3.63, 3.8) is 0 Å². The number of carbonyl (C=O) groups is 2. The van der Waals surface area contributed by atoms with Crippen LogP contribution >= 0.6 is 11.5 Å². The molecule has 1 unspecified atom stereocenters. The summed E-state index contributed by atoms with van der Waals surface area (Å²) in [6.45, 7) is 4.23. The lowest BCUT2D eigenvalue weighted by atomic mass is 10.2. The van der Waals surface area contributed by atoms with Crippen molar-refractivity contribution in [2.45, 2.75) is 13.0 Å². The molecule has 2 fully saturated rings. The summed E-state index contributed by atoms with van der Waals surface area (Å²) in [7, 11) is 0. The number of hydrogen-bond acceptors (Lipinski definition) is 8. The van der Waals surface area contributed by atoms with E-state index in [-0.39, 0.29) is 24.7 Å². The standard InChI is InChI=1S/C18H21FN6O4S/c1-11(26)20-9-13-10-25(18(28)29-13)12-2-3-15(14(19)8-12)23-4-6-24(7-5-23)17-21-16(27)22-30-17/h2-3,8,13H,4-7,9-10H2,1H3,(H,20,26)(H,22,27). The normalized spacial score (nSPS) is 19.2. The van der Waals surface area contributed by atoms with E-state index in [4.69, 9.17) is 4.74 Å². The second kappa shape index (κ2) is 8.30. The van der Waals surface area contributed by atoms with Crippen LogP contribution in [0.15, 0.2) is 23.0 Å². The summed E-state index contributed by atoms with van der Waals surface area (Å²) in [6.07, 6.45) is -1.04. The molecule has 30 heavy (non-hydrogen) atoms. The number of carbonyl (C=O) groups excluding carboxylic acids is 2. The van der Waals surface area contributed by atoms with Crippen LogP contribution < -0.4 is 25.7 Å². The predicted octanol–water partition coefficient (Wildman–Crippen LogP) is 0.758. The largest absolute Gasteiger partial charge is 0.442 e. The van der Waals surface area contributed by atoms with Crippen LogP contribution in [-0.4, -0.2) is 66.7 Å². The molecular weight excluding hydrogens is 415 g/mol. The van der Waals surface area contributed by atoms with Gasteiger partial charge in [-0.05, 0) is 29.7 Å². The molecule has 4 rings (SSSR count). The van der Waals surface area contributed by atoms with Crippen LogP contribution in [0.1, 0.15) is 6.92 Å². The first-order valence-electron chi connectivity index (χ1n) is 9.48. The summed E-state index contributed by atoms with van der Waals surface area (Å²) in [5, 5.41) is 3.25. The molecule has 2 N–H and O–H groups in total. The van der Waals surface area contributed by atoms with Gasteiger partial charge in [0, 0.05) is 33.1 Å². The van der Waals surface area contributed by atoms with E-state index in [2.05, 4.69) is 14.7 Å². The highest BCUT2D eigenvalue weighted by Gasteiger charge is 2.33. The van der Waals surface area contributed by atoms with Gasteiger partial charge in [-0.1, -0.05) is 0 Å². The number of H-pyrrole nitrogens is 1. The molecule has 1 atom stereocenters. The minimum Gasteiger partial charge on any atom is -0.442 e. The molecule has 0 aliphatic carbocycles. The summed E-state index contributed by atoms with van der Waals surface area (Å²) in [5.74, 6) is -0.634. The SMILES string of the molecule is CC(=O)NCC1CN(c2ccc(N3CCN(c4nc(=O)[nH]s4)CC3)c(F)c2)C(=O)O1. The van der Waals surface area contributed by atoms with Crippen molar-refractivity contribution in [3.8, 4) is 0 Å². The molecule has 0 radical (unpaired) electrons. The Morgan fingerprint density at radius 2 is 2.03 bits per heavy atom. The first kappa shape index (κ1) is 20.1. The number of hydrogen-bond donors (Lipinski definition) is 2. The van der Waals surface area contributed by atoms with Crippen molar-refractivity contribution < 1.29 is 18.7 Å².